The summed E-state index contributed by atoms with van der Waals surface area (Å²) in [6, 6.07) is 16.2. The van der Waals surface area contributed by atoms with Crippen LogP contribution in [-0.2, 0) is 29.8 Å². The van der Waals surface area contributed by atoms with Crippen molar-refractivity contribution < 1.29 is 32.2 Å². The number of ether oxygens (including phenoxy) is 1. The second-order valence-electron chi connectivity index (χ2n) is 9.07. The van der Waals surface area contributed by atoms with E-state index < -0.39 is 24.3 Å². The highest BCUT2D eigenvalue weighted by atomic mass is 35.5. The second-order valence-corrected chi connectivity index (χ2v) is 10.1. The zero-order valence-corrected chi connectivity index (χ0v) is 23.4. The van der Waals surface area contributed by atoms with Gasteiger partial charge in [-0.05, 0) is 67.6 Å². The highest BCUT2D eigenvalue weighted by molar-refractivity contribution is 7.98. The van der Waals surface area contributed by atoms with Crippen molar-refractivity contribution in [1.82, 2.24) is 9.88 Å². The number of carboxylic acids is 1. The van der Waals surface area contributed by atoms with Crippen LogP contribution in [0.4, 0.5) is 13.2 Å². The summed E-state index contributed by atoms with van der Waals surface area (Å²) in [6.45, 7) is 2.58. The number of benzene rings is 2. The fraction of sp³-hybridized carbons (Fsp3) is 0.241. The summed E-state index contributed by atoms with van der Waals surface area (Å²) in [5.74, 6) is 1.25. The molecule has 0 saturated heterocycles. The number of pyridine rings is 1. The first-order valence-electron chi connectivity index (χ1n) is 12.0. The number of aromatic nitrogens is 1. The van der Waals surface area contributed by atoms with Crippen LogP contribution in [0.3, 0.4) is 0 Å². The van der Waals surface area contributed by atoms with E-state index >= 15 is 0 Å². The monoisotopic (exact) mass is 592 g/mol. The number of aliphatic carboxylic acids is 1. The number of rotatable bonds is 11. The molecule has 40 heavy (non-hydrogen) atoms. The van der Waals surface area contributed by atoms with Crippen molar-refractivity contribution in [2.45, 2.75) is 36.8 Å². The van der Waals surface area contributed by atoms with Gasteiger partial charge in [0.25, 0.3) is 0 Å². The molecule has 4 rings (SSSR count). The van der Waals surface area contributed by atoms with Crippen LogP contribution in [0, 0.1) is 6.92 Å². The van der Waals surface area contributed by atoms with E-state index in [0.717, 1.165) is 39.5 Å². The van der Waals surface area contributed by atoms with Gasteiger partial charge in [-0.3, -0.25) is 9.88 Å². The number of carboxylic acid groups (broad SMARTS) is 1. The highest BCUT2D eigenvalue weighted by Gasteiger charge is 2.30. The maximum atomic E-state index is 13.0. The molecule has 0 aliphatic rings. The molecule has 0 saturated carbocycles. The number of halogens is 4. The predicted molar refractivity (Wildman–Crippen MR) is 150 cm³/mol. The Labute approximate surface area is 240 Å². The van der Waals surface area contributed by atoms with Crippen LogP contribution >= 0.6 is 24.2 Å². The first kappa shape index (κ1) is 31.1. The normalized spacial score (nSPS) is 11.3. The largest absolute Gasteiger partial charge is 0.482 e. The van der Waals surface area contributed by atoms with E-state index in [0.29, 0.717) is 35.9 Å². The zero-order valence-electron chi connectivity index (χ0n) is 21.8. The van der Waals surface area contributed by atoms with E-state index in [4.69, 9.17) is 14.3 Å². The van der Waals surface area contributed by atoms with Crippen molar-refractivity contribution >= 4 is 30.1 Å². The molecule has 2 aromatic heterocycles. The average molecular weight is 593 g/mol. The Hall–Kier alpha value is -3.47. The number of hydrogen-bond acceptors (Lipinski definition) is 6. The second kappa shape index (κ2) is 13.7. The molecular weight excluding hydrogens is 565 g/mol. The topological polar surface area (TPSA) is 75.8 Å². The molecule has 11 heteroatoms. The maximum absolute atomic E-state index is 13.0. The fourth-order valence-corrected chi connectivity index (χ4v) is 4.96. The molecule has 2 heterocycles. The van der Waals surface area contributed by atoms with Gasteiger partial charge in [0.2, 0.25) is 0 Å². The summed E-state index contributed by atoms with van der Waals surface area (Å²) < 4.78 is 50.6. The molecule has 0 aliphatic heterocycles. The molecule has 0 spiro atoms. The number of carbonyl (C=O) groups is 1. The summed E-state index contributed by atoms with van der Waals surface area (Å²) in [6.07, 6.45) is -0.889. The zero-order chi connectivity index (χ0) is 28.0. The minimum atomic E-state index is -4.41. The quantitative estimate of drug-likeness (QED) is 0.181. The molecule has 0 fully saturated rings. The molecule has 212 valence electrons. The van der Waals surface area contributed by atoms with E-state index in [1.165, 1.54) is 12.1 Å². The Kier molecular flexibility index (Phi) is 10.7. The molecule has 6 nitrogen and oxygen atoms in total. The molecule has 2 aromatic carbocycles. The van der Waals surface area contributed by atoms with Gasteiger partial charge in [-0.15, -0.1) is 24.2 Å². The van der Waals surface area contributed by atoms with E-state index in [9.17, 15) is 18.0 Å². The van der Waals surface area contributed by atoms with Gasteiger partial charge >= 0.3 is 12.1 Å². The first-order valence-corrected chi connectivity index (χ1v) is 13.0. The number of alkyl halides is 3. The predicted octanol–water partition coefficient (Wildman–Crippen LogP) is 7.48. The van der Waals surface area contributed by atoms with Crippen LogP contribution in [0.15, 0.2) is 82.4 Å². The summed E-state index contributed by atoms with van der Waals surface area (Å²) in [4.78, 5) is 18.0. The third kappa shape index (κ3) is 8.51. The molecule has 0 radical (unpaired) electrons. The summed E-state index contributed by atoms with van der Waals surface area (Å²) >= 11 is 1.57. The van der Waals surface area contributed by atoms with Crippen LogP contribution in [0.25, 0.3) is 11.3 Å². The Morgan fingerprint density at radius 3 is 2.48 bits per heavy atom. The minimum absolute atomic E-state index is 0. The van der Waals surface area contributed by atoms with Gasteiger partial charge in [0.15, 0.2) is 6.61 Å². The fourth-order valence-electron chi connectivity index (χ4n) is 3.97. The van der Waals surface area contributed by atoms with Gasteiger partial charge in [0.1, 0.15) is 17.3 Å². The molecule has 1 N–H and O–H groups in total. The van der Waals surface area contributed by atoms with Gasteiger partial charge in [-0.1, -0.05) is 18.2 Å². The van der Waals surface area contributed by atoms with E-state index in [-0.39, 0.29) is 12.4 Å². The van der Waals surface area contributed by atoms with Gasteiger partial charge in [-0.25, -0.2) is 4.79 Å². The lowest BCUT2D eigenvalue weighted by Gasteiger charge is -2.16. The van der Waals surface area contributed by atoms with Crippen molar-refractivity contribution in [3.8, 4) is 17.1 Å². The van der Waals surface area contributed by atoms with E-state index in [1.54, 1.807) is 30.2 Å². The third-order valence-electron chi connectivity index (χ3n) is 5.87. The van der Waals surface area contributed by atoms with Crippen molar-refractivity contribution in [1.29, 1.82) is 0 Å². The molecule has 0 atom stereocenters. The lowest BCUT2D eigenvalue weighted by Crippen LogP contribution is -2.17. The Morgan fingerprint density at radius 1 is 1.10 bits per heavy atom. The molecule has 0 bridgehead atoms. The summed E-state index contributed by atoms with van der Waals surface area (Å²) in [5, 5.41) is 8.84. The molecular formula is C29H28ClF3N2O4S. The number of furan rings is 1. The lowest BCUT2D eigenvalue weighted by molar-refractivity contribution is -0.139. The number of thioether (sulfide) groups is 1. The Bertz CT molecular complexity index is 1410. The van der Waals surface area contributed by atoms with Gasteiger partial charge in [0, 0.05) is 40.7 Å². The van der Waals surface area contributed by atoms with Crippen LogP contribution in [0.1, 0.15) is 28.0 Å². The Balaban J connectivity index is 0.00000441. The molecule has 4 aromatic rings. The highest BCUT2D eigenvalue weighted by Crippen LogP contribution is 2.35. The third-order valence-corrected chi connectivity index (χ3v) is 6.92. The van der Waals surface area contributed by atoms with E-state index in [2.05, 4.69) is 9.88 Å². The van der Waals surface area contributed by atoms with Gasteiger partial charge < -0.3 is 14.3 Å². The van der Waals surface area contributed by atoms with Crippen molar-refractivity contribution in [3.63, 3.8) is 0 Å². The molecule has 0 unspecified atom stereocenters. The first-order chi connectivity index (χ1) is 18.6. The lowest BCUT2D eigenvalue weighted by atomic mass is 10.1. The van der Waals surface area contributed by atoms with Crippen LogP contribution in [-0.4, -0.2) is 34.6 Å². The van der Waals surface area contributed by atoms with Crippen molar-refractivity contribution in [2.75, 3.05) is 13.7 Å². The van der Waals surface area contributed by atoms with Gasteiger partial charge in [0.05, 0.1) is 12.1 Å². The van der Waals surface area contributed by atoms with Crippen LogP contribution < -0.4 is 4.74 Å². The molecule has 0 amide bonds. The number of nitrogens with zero attached hydrogens (tertiary/aromatic N) is 2. The number of aryl methyl sites for hydroxylation is 1. The van der Waals surface area contributed by atoms with Crippen molar-refractivity contribution in [2.24, 2.45) is 0 Å². The smallest absolute Gasteiger partial charge is 0.416 e. The van der Waals surface area contributed by atoms with Gasteiger partial charge in [-0.2, -0.15) is 13.2 Å². The summed E-state index contributed by atoms with van der Waals surface area (Å²) in [5.41, 5.74) is 2.64. The molecule has 0 aliphatic carbocycles. The van der Waals surface area contributed by atoms with Crippen molar-refractivity contribution in [3.05, 3.63) is 101 Å². The Morgan fingerprint density at radius 2 is 1.85 bits per heavy atom. The standard InChI is InChI=1S/C29H27F3N2O4S.ClH/c1-19-12-24(9-10-25(19)37-17-28(35)36)39-18-22-13-26(21-5-7-23(8-6-21)29(30,31)32)38-27(22)16-34(2)15-20-4-3-11-33-14-20;/h3-14H,15-18H2,1-2H3,(H,35,36);1H. The SMILES string of the molecule is Cc1cc(SCc2cc(-c3ccc(C(F)(F)F)cc3)oc2CN(C)Cc2cccnc2)ccc1OCC(=O)O.Cl. The van der Waals surface area contributed by atoms with E-state index in [1.807, 2.05) is 44.3 Å². The van der Waals surface area contributed by atoms with Crippen LogP contribution in [0.5, 0.6) is 5.75 Å². The number of hydrogen-bond donors (Lipinski definition) is 1. The minimum Gasteiger partial charge on any atom is -0.482 e. The average Bonchev–Trinajstić information content (AvgIpc) is 3.29. The van der Waals surface area contributed by atoms with Crippen LogP contribution in [0.2, 0.25) is 0 Å². The maximum Gasteiger partial charge on any atom is 0.416 e. The summed E-state index contributed by atoms with van der Waals surface area (Å²) in [7, 11) is 1.96.